The molecule has 0 bridgehead atoms. The molecule has 0 spiro atoms. The number of carbonyl (C=O) groups excluding carboxylic acids is 2. The Bertz CT molecular complexity index is 1180. The molecule has 0 fully saturated rings. The number of aliphatic hydroxyl groups is 1. The minimum Gasteiger partial charge on any atom is -0.503 e. The molecule has 0 saturated carbocycles. The van der Waals surface area contributed by atoms with E-state index < -0.39 is 17.7 Å². The lowest BCUT2D eigenvalue weighted by molar-refractivity contribution is -0.117. The monoisotopic (exact) mass is 448 g/mol. The quantitative estimate of drug-likeness (QED) is 0.494. The number of aromatic nitrogens is 1. The number of ketones is 1. The maximum absolute atomic E-state index is 13.6. The summed E-state index contributed by atoms with van der Waals surface area (Å²) in [4.78, 5) is 33.0. The lowest BCUT2D eigenvalue weighted by atomic mass is 9.94. The average Bonchev–Trinajstić information content (AvgIpc) is 3.28. The fourth-order valence-corrected chi connectivity index (χ4v) is 4.71. The molecule has 6 nitrogen and oxygen atoms in total. The number of thiazole rings is 1. The average molecular weight is 449 g/mol. The summed E-state index contributed by atoms with van der Waals surface area (Å²) < 4.78 is 5.67. The molecule has 1 N–H and O–H groups in total. The third-order valence-corrected chi connectivity index (χ3v) is 6.34. The van der Waals surface area contributed by atoms with Gasteiger partial charge >= 0.3 is 0 Å². The highest BCUT2D eigenvalue weighted by atomic mass is 32.1. The molecule has 0 aliphatic carbocycles. The Balaban J connectivity index is 1.82. The van der Waals surface area contributed by atoms with Crippen LogP contribution in [0, 0.1) is 13.8 Å². The molecule has 0 saturated heterocycles. The van der Waals surface area contributed by atoms with Crippen molar-refractivity contribution in [3.05, 3.63) is 87.1 Å². The molecular formula is C25H24N2O4S. The van der Waals surface area contributed by atoms with Crippen LogP contribution in [0.1, 0.15) is 45.3 Å². The number of nitrogens with zero attached hydrogens (tertiary/aromatic N) is 2. The van der Waals surface area contributed by atoms with Gasteiger partial charge in [0, 0.05) is 5.69 Å². The van der Waals surface area contributed by atoms with E-state index in [2.05, 4.69) is 4.98 Å². The van der Waals surface area contributed by atoms with Crippen LogP contribution in [-0.4, -0.2) is 28.4 Å². The van der Waals surface area contributed by atoms with Gasteiger partial charge in [-0.3, -0.25) is 14.5 Å². The Labute approximate surface area is 190 Å². The molecule has 1 unspecified atom stereocenters. The van der Waals surface area contributed by atoms with Crippen LogP contribution in [0.5, 0.6) is 5.75 Å². The van der Waals surface area contributed by atoms with Gasteiger partial charge < -0.3 is 9.84 Å². The van der Waals surface area contributed by atoms with Gasteiger partial charge in [0.2, 0.25) is 5.78 Å². The maximum atomic E-state index is 13.6. The van der Waals surface area contributed by atoms with E-state index in [-0.39, 0.29) is 11.4 Å². The largest absolute Gasteiger partial charge is 0.503 e. The summed E-state index contributed by atoms with van der Waals surface area (Å²) in [5, 5.41) is 11.6. The number of hydrogen-bond donors (Lipinski definition) is 1. The highest BCUT2D eigenvalue weighted by Gasteiger charge is 2.45. The zero-order chi connectivity index (χ0) is 22.8. The second kappa shape index (κ2) is 8.96. The fourth-order valence-electron chi connectivity index (χ4n) is 3.84. The van der Waals surface area contributed by atoms with Crippen molar-refractivity contribution < 1.29 is 19.4 Å². The van der Waals surface area contributed by atoms with Crippen LogP contribution in [0.3, 0.4) is 0 Å². The number of para-hydroxylation sites is 1. The number of ether oxygens (including phenoxy) is 1. The molecule has 7 heteroatoms. The van der Waals surface area contributed by atoms with Crippen molar-refractivity contribution in [3.8, 4) is 5.75 Å². The van der Waals surface area contributed by atoms with Crippen molar-refractivity contribution in [1.29, 1.82) is 0 Å². The molecule has 4 rings (SSSR count). The number of carbonyl (C=O) groups is 2. The van der Waals surface area contributed by atoms with Gasteiger partial charge in [0.25, 0.3) is 5.91 Å². The van der Waals surface area contributed by atoms with Crippen molar-refractivity contribution >= 4 is 28.7 Å². The number of anilines is 1. The smallest absolute Gasteiger partial charge is 0.294 e. The van der Waals surface area contributed by atoms with Crippen LogP contribution in [-0.2, 0) is 4.79 Å². The highest BCUT2D eigenvalue weighted by Crippen LogP contribution is 2.43. The lowest BCUT2D eigenvalue weighted by Gasteiger charge is -2.27. The molecular weight excluding hydrogens is 424 g/mol. The SMILES string of the molecule is CCCOc1ccc(C2C(C(=O)c3sc(C)nc3C)=C(O)C(=O)N2c2ccccc2)cc1. The molecule has 1 aromatic heterocycles. The Kier molecular flexibility index (Phi) is 6.10. The predicted octanol–water partition coefficient (Wildman–Crippen LogP) is 5.33. The van der Waals surface area contributed by atoms with Gasteiger partial charge in [-0.25, -0.2) is 4.98 Å². The van der Waals surface area contributed by atoms with Gasteiger partial charge in [-0.05, 0) is 50.1 Å². The van der Waals surface area contributed by atoms with E-state index in [1.54, 1.807) is 19.1 Å². The van der Waals surface area contributed by atoms with Crippen molar-refractivity contribution in [2.45, 2.75) is 33.2 Å². The lowest BCUT2D eigenvalue weighted by Crippen LogP contribution is -2.31. The maximum Gasteiger partial charge on any atom is 0.294 e. The Hall–Kier alpha value is -3.45. The van der Waals surface area contributed by atoms with Crippen LogP contribution in [0.15, 0.2) is 65.9 Å². The number of aliphatic hydroxyl groups excluding tert-OH is 1. The first-order chi connectivity index (χ1) is 15.4. The van der Waals surface area contributed by atoms with Crippen molar-refractivity contribution in [1.82, 2.24) is 4.98 Å². The van der Waals surface area contributed by atoms with E-state index in [1.807, 2.05) is 56.3 Å². The predicted molar refractivity (Wildman–Crippen MR) is 124 cm³/mol. The van der Waals surface area contributed by atoms with Gasteiger partial charge in [0.1, 0.15) is 5.75 Å². The first-order valence-electron chi connectivity index (χ1n) is 10.5. The van der Waals surface area contributed by atoms with Gasteiger partial charge in [0.05, 0.1) is 33.8 Å². The van der Waals surface area contributed by atoms with E-state index in [0.717, 1.165) is 11.4 Å². The summed E-state index contributed by atoms with van der Waals surface area (Å²) in [5.41, 5.74) is 1.95. The minimum atomic E-state index is -0.764. The highest BCUT2D eigenvalue weighted by molar-refractivity contribution is 7.14. The van der Waals surface area contributed by atoms with E-state index in [0.29, 0.717) is 34.2 Å². The minimum absolute atomic E-state index is 0.0628. The first-order valence-corrected chi connectivity index (χ1v) is 11.3. The zero-order valence-corrected chi connectivity index (χ0v) is 19.0. The van der Waals surface area contributed by atoms with E-state index in [9.17, 15) is 14.7 Å². The number of aryl methyl sites for hydroxylation is 2. The number of Topliss-reactive ketones (excluding diaryl/α,β-unsaturated/α-hetero) is 1. The summed E-state index contributed by atoms with van der Waals surface area (Å²) in [7, 11) is 0. The van der Waals surface area contributed by atoms with Crippen molar-refractivity contribution in [3.63, 3.8) is 0 Å². The number of rotatable bonds is 7. The van der Waals surface area contributed by atoms with E-state index in [4.69, 9.17) is 4.74 Å². The molecule has 1 amide bonds. The van der Waals surface area contributed by atoms with Crippen LogP contribution in [0.4, 0.5) is 5.69 Å². The van der Waals surface area contributed by atoms with Crippen LogP contribution < -0.4 is 9.64 Å². The molecule has 1 aliphatic heterocycles. The van der Waals surface area contributed by atoms with E-state index >= 15 is 0 Å². The molecule has 164 valence electrons. The molecule has 2 heterocycles. The number of amides is 1. The topological polar surface area (TPSA) is 79.7 Å². The molecule has 32 heavy (non-hydrogen) atoms. The molecule has 0 radical (unpaired) electrons. The van der Waals surface area contributed by atoms with Crippen molar-refractivity contribution in [2.24, 2.45) is 0 Å². The van der Waals surface area contributed by atoms with Crippen LogP contribution in [0.25, 0.3) is 0 Å². The Morgan fingerprint density at radius 2 is 1.81 bits per heavy atom. The zero-order valence-electron chi connectivity index (χ0n) is 18.2. The molecule has 1 atom stereocenters. The normalized spacial score (nSPS) is 16.0. The summed E-state index contributed by atoms with van der Waals surface area (Å²) in [6, 6.07) is 15.6. The molecule has 3 aromatic rings. The Morgan fingerprint density at radius 1 is 1.12 bits per heavy atom. The number of hydrogen-bond acceptors (Lipinski definition) is 6. The summed E-state index contributed by atoms with van der Waals surface area (Å²) in [6.07, 6.45) is 0.892. The summed E-state index contributed by atoms with van der Waals surface area (Å²) in [6.45, 7) is 6.22. The first kappa shape index (κ1) is 21.8. The molecule has 1 aliphatic rings. The van der Waals surface area contributed by atoms with Gasteiger partial charge in [-0.1, -0.05) is 37.3 Å². The van der Waals surface area contributed by atoms with Gasteiger partial charge in [-0.15, -0.1) is 11.3 Å². The van der Waals surface area contributed by atoms with Gasteiger partial charge in [0.15, 0.2) is 5.76 Å². The standard InChI is InChI=1S/C25H24N2O4S/c1-4-14-31-19-12-10-17(11-13-19)21-20(22(28)24-15(2)26-16(3)32-24)23(29)25(30)27(21)18-8-6-5-7-9-18/h5-13,21,29H,4,14H2,1-3H3. The fraction of sp³-hybridized carbons (Fsp3) is 0.240. The van der Waals surface area contributed by atoms with Crippen LogP contribution >= 0.6 is 11.3 Å². The van der Waals surface area contributed by atoms with E-state index in [1.165, 1.54) is 16.2 Å². The summed E-state index contributed by atoms with van der Waals surface area (Å²) >= 11 is 1.26. The Morgan fingerprint density at radius 3 is 2.41 bits per heavy atom. The number of benzene rings is 2. The third kappa shape index (κ3) is 3.91. The summed E-state index contributed by atoms with van der Waals surface area (Å²) in [5.74, 6) is -0.801. The van der Waals surface area contributed by atoms with Crippen LogP contribution in [0.2, 0.25) is 0 Å². The third-order valence-electron chi connectivity index (χ3n) is 5.27. The second-order valence-electron chi connectivity index (χ2n) is 7.57. The van der Waals surface area contributed by atoms with Gasteiger partial charge in [-0.2, -0.15) is 0 Å². The molecule has 2 aromatic carbocycles. The second-order valence-corrected chi connectivity index (χ2v) is 8.77. The van der Waals surface area contributed by atoms with Crippen molar-refractivity contribution in [2.75, 3.05) is 11.5 Å².